The SMILES string of the molecule is CCC(CC)n1cc(C)c2nc(-c3sc(-c4ccc(F)cc4)cc3C)c(C)cc21. The molecule has 0 saturated carbocycles. The second-order valence-corrected chi connectivity index (χ2v) is 8.89. The predicted octanol–water partition coefficient (Wildman–Crippen LogP) is 7.86. The van der Waals surface area contributed by atoms with Gasteiger partial charge in [-0.25, -0.2) is 9.37 Å². The standard InChI is InChI=1S/C25H27FN2S/c1-6-20(7-2)28-14-17(5)23-21(28)12-15(3)24(27-23)25-16(4)13-22(29-25)18-8-10-19(26)11-9-18/h8-14,20H,6-7H2,1-5H3. The molecule has 0 unspecified atom stereocenters. The van der Waals surface area contributed by atoms with Gasteiger partial charge in [0.2, 0.25) is 0 Å². The number of benzene rings is 1. The fourth-order valence-corrected chi connectivity index (χ4v) is 5.35. The van der Waals surface area contributed by atoms with E-state index in [-0.39, 0.29) is 5.82 Å². The Labute approximate surface area is 176 Å². The summed E-state index contributed by atoms with van der Waals surface area (Å²) in [5.74, 6) is -0.206. The van der Waals surface area contributed by atoms with Gasteiger partial charge in [-0.2, -0.15) is 0 Å². The summed E-state index contributed by atoms with van der Waals surface area (Å²) in [5.41, 5.74) is 8.04. The summed E-state index contributed by atoms with van der Waals surface area (Å²) in [6.45, 7) is 10.9. The number of rotatable bonds is 5. The Balaban J connectivity index is 1.84. The number of aryl methyl sites for hydroxylation is 3. The van der Waals surface area contributed by atoms with E-state index in [0.29, 0.717) is 6.04 Å². The van der Waals surface area contributed by atoms with Gasteiger partial charge < -0.3 is 4.57 Å². The van der Waals surface area contributed by atoms with Crippen LogP contribution in [0.5, 0.6) is 0 Å². The van der Waals surface area contributed by atoms with Crippen LogP contribution in [-0.4, -0.2) is 9.55 Å². The third-order valence-electron chi connectivity index (χ3n) is 5.77. The van der Waals surface area contributed by atoms with Crippen LogP contribution in [0.1, 0.15) is 49.4 Å². The lowest BCUT2D eigenvalue weighted by Crippen LogP contribution is -2.05. The summed E-state index contributed by atoms with van der Waals surface area (Å²) < 4.78 is 15.7. The lowest BCUT2D eigenvalue weighted by Gasteiger charge is -2.16. The zero-order valence-corrected chi connectivity index (χ0v) is 18.5. The number of thiophene rings is 1. The highest BCUT2D eigenvalue weighted by Gasteiger charge is 2.18. The van der Waals surface area contributed by atoms with Crippen molar-refractivity contribution in [3.05, 3.63) is 65.1 Å². The van der Waals surface area contributed by atoms with E-state index in [9.17, 15) is 4.39 Å². The van der Waals surface area contributed by atoms with Crippen molar-refractivity contribution in [3.8, 4) is 21.0 Å². The maximum Gasteiger partial charge on any atom is 0.123 e. The lowest BCUT2D eigenvalue weighted by atomic mass is 10.1. The van der Waals surface area contributed by atoms with Crippen molar-refractivity contribution in [2.75, 3.05) is 0 Å². The van der Waals surface area contributed by atoms with E-state index in [4.69, 9.17) is 4.98 Å². The molecule has 0 aliphatic carbocycles. The van der Waals surface area contributed by atoms with Crippen molar-refractivity contribution < 1.29 is 4.39 Å². The molecule has 0 aliphatic rings. The molecule has 0 aliphatic heterocycles. The quantitative estimate of drug-likeness (QED) is 0.330. The second kappa shape index (κ2) is 7.75. The second-order valence-electron chi connectivity index (χ2n) is 7.84. The van der Waals surface area contributed by atoms with Gasteiger partial charge in [-0.05, 0) is 80.1 Å². The van der Waals surface area contributed by atoms with Gasteiger partial charge >= 0.3 is 0 Å². The Morgan fingerprint density at radius 2 is 1.66 bits per heavy atom. The Morgan fingerprint density at radius 1 is 0.966 bits per heavy atom. The van der Waals surface area contributed by atoms with E-state index in [1.807, 2.05) is 12.1 Å². The molecule has 0 N–H and O–H groups in total. The Hall–Kier alpha value is -2.46. The van der Waals surface area contributed by atoms with Crippen molar-refractivity contribution in [2.45, 2.75) is 53.5 Å². The number of halogens is 1. The summed E-state index contributed by atoms with van der Waals surface area (Å²) >= 11 is 1.73. The van der Waals surface area contributed by atoms with Gasteiger partial charge in [-0.1, -0.05) is 26.0 Å². The van der Waals surface area contributed by atoms with Gasteiger partial charge in [0.05, 0.1) is 21.6 Å². The first-order chi connectivity index (χ1) is 13.9. The molecule has 0 atom stereocenters. The molecule has 0 saturated heterocycles. The lowest BCUT2D eigenvalue weighted by molar-refractivity contribution is 0.485. The minimum atomic E-state index is -0.206. The summed E-state index contributed by atoms with van der Waals surface area (Å²) in [7, 11) is 0. The fraction of sp³-hybridized carbons (Fsp3) is 0.320. The molecule has 0 bridgehead atoms. The first-order valence-corrected chi connectivity index (χ1v) is 11.1. The van der Waals surface area contributed by atoms with Crippen LogP contribution < -0.4 is 0 Å². The summed E-state index contributed by atoms with van der Waals surface area (Å²) in [4.78, 5) is 7.46. The van der Waals surface area contributed by atoms with E-state index in [0.717, 1.165) is 34.5 Å². The number of hydrogen-bond acceptors (Lipinski definition) is 2. The van der Waals surface area contributed by atoms with Crippen molar-refractivity contribution in [1.29, 1.82) is 0 Å². The van der Waals surface area contributed by atoms with Crippen LogP contribution in [0.25, 0.3) is 32.0 Å². The third-order valence-corrected chi connectivity index (χ3v) is 7.07. The molecule has 4 rings (SSSR count). The molecule has 2 nitrogen and oxygen atoms in total. The minimum Gasteiger partial charge on any atom is -0.343 e. The largest absolute Gasteiger partial charge is 0.343 e. The molecule has 0 fully saturated rings. The number of nitrogens with zero attached hydrogens (tertiary/aromatic N) is 2. The van der Waals surface area contributed by atoms with Gasteiger partial charge in [-0.3, -0.25) is 0 Å². The molecule has 1 aromatic carbocycles. The van der Waals surface area contributed by atoms with Crippen molar-refractivity contribution in [2.24, 2.45) is 0 Å². The Morgan fingerprint density at radius 3 is 2.31 bits per heavy atom. The molecule has 3 heterocycles. The molecule has 0 radical (unpaired) electrons. The van der Waals surface area contributed by atoms with Crippen molar-refractivity contribution in [3.63, 3.8) is 0 Å². The summed E-state index contributed by atoms with van der Waals surface area (Å²) in [6.07, 6.45) is 4.49. The number of hydrogen-bond donors (Lipinski definition) is 0. The van der Waals surface area contributed by atoms with Crippen molar-refractivity contribution >= 4 is 22.4 Å². The molecule has 4 heteroatoms. The molecule has 4 aromatic rings. The van der Waals surface area contributed by atoms with Crippen LogP contribution in [0, 0.1) is 26.6 Å². The van der Waals surface area contributed by atoms with Gasteiger partial charge in [0, 0.05) is 17.1 Å². The maximum atomic E-state index is 13.3. The van der Waals surface area contributed by atoms with Crippen LogP contribution >= 0.6 is 11.3 Å². The van der Waals surface area contributed by atoms with Crippen LogP contribution in [-0.2, 0) is 0 Å². The van der Waals surface area contributed by atoms with Gasteiger partial charge in [0.1, 0.15) is 5.82 Å². The van der Waals surface area contributed by atoms with Crippen molar-refractivity contribution in [1.82, 2.24) is 9.55 Å². The van der Waals surface area contributed by atoms with Crippen LogP contribution in [0.3, 0.4) is 0 Å². The highest BCUT2D eigenvalue weighted by molar-refractivity contribution is 7.19. The first kappa shape index (κ1) is 19.8. The summed E-state index contributed by atoms with van der Waals surface area (Å²) in [5, 5.41) is 0. The number of pyridine rings is 1. The molecule has 3 aromatic heterocycles. The third kappa shape index (κ3) is 3.51. The molecular weight excluding hydrogens is 379 g/mol. The zero-order valence-electron chi connectivity index (χ0n) is 17.7. The van der Waals surface area contributed by atoms with E-state index in [1.54, 1.807) is 11.3 Å². The van der Waals surface area contributed by atoms with E-state index in [1.165, 1.54) is 39.2 Å². The maximum absolute atomic E-state index is 13.3. The van der Waals surface area contributed by atoms with E-state index >= 15 is 0 Å². The molecule has 150 valence electrons. The van der Waals surface area contributed by atoms with E-state index < -0.39 is 0 Å². The molecule has 29 heavy (non-hydrogen) atoms. The summed E-state index contributed by atoms with van der Waals surface area (Å²) in [6, 6.07) is 11.7. The first-order valence-electron chi connectivity index (χ1n) is 10.3. The predicted molar refractivity (Wildman–Crippen MR) is 122 cm³/mol. The topological polar surface area (TPSA) is 17.8 Å². The molecular formula is C25H27FN2S. The van der Waals surface area contributed by atoms with Crippen LogP contribution in [0.15, 0.2) is 42.6 Å². The highest BCUT2D eigenvalue weighted by atomic mass is 32.1. The van der Waals surface area contributed by atoms with E-state index in [2.05, 4.69) is 57.5 Å². The monoisotopic (exact) mass is 406 g/mol. The molecule has 0 amide bonds. The average Bonchev–Trinajstić information content (AvgIpc) is 3.23. The average molecular weight is 407 g/mol. The number of aromatic nitrogens is 2. The Kier molecular flexibility index (Phi) is 5.30. The molecule has 0 spiro atoms. The Bertz CT molecular complexity index is 1160. The van der Waals surface area contributed by atoms with Gasteiger partial charge in [-0.15, -0.1) is 11.3 Å². The normalized spacial score (nSPS) is 11.7. The van der Waals surface area contributed by atoms with Gasteiger partial charge in [0.25, 0.3) is 0 Å². The van der Waals surface area contributed by atoms with Gasteiger partial charge in [0.15, 0.2) is 0 Å². The van der Waals surface area contributed by atoms with Crippen LogP contribution in [0.4, 0.5) is 4.39 Å². The van der Waals surface area contributed by atoms with Crippen LogP contribution in [0.2, 0.25) is 0 Å². The number of fused-ring (bicyclic) bond motifs is 1. The zero-order chi connectivity index (χ0) is 20.7. The smallest absolute Gasteiger partial charge is 0.123 e. The minimum absolute atomic E-state index is 0.206. The fourth-order valence-electron chi connectivity index (χ4n) is 4.11. The highest BCUT2D eigenvalue weighted by Crippen LogP contribution is 2.40.